The Morgan fingerprint density at radius 3 is 2.22 bits per heavy atom. The zero-order chi connectivity index (χ0) is 13.8. The van der Waals surface area contributed by atoms with Gasteiger partial charge < -0.3 is 9.64 Å². The highest BCUT2D eigenvalue weighted by Gasteiger charge is 2.21. The summed E-state index contributed by atoms with van der Waals surface area (Å²) in [5, 5.41) is 0. The highest BCUT2D eigenvalue weighted by Crippen LogP contribution is 2.09. The van der Waals surface area contributed by atoms with Crippen molar-refractivity contribution in [3.8, 4) is 0 Å². The minimum Gasteiger partial charge on any atom is -0.444 e. The lowest BCUT2D eigenvalue weighted by Gasteiger charge is -2.24. The Morgan fingerprint density at radius 2 is 1.72 bits per heavy atom. The number of benzene rings is 1. The van der Waals surface area contributed by atoms with Crippen LogP contribution < -0.4 is 0 Å². The van der Waals surface area contributed by atoms with Crippen LogP contribution in [0.4, 0.5) is 4.79 Å². The van der Waals surface area contributed by atoms with Gasteiger partial charge in [0.05, 0.1) is 6.54 Å². The summed E-state index contributed by atoms with van der Waals surface area (Å²) in [4.78, 5) is 24.8. The number of nitrogens with zero attached hydrogens (tertiary/aromatic N) is 1. The molecule has 0 aliphatic rings. The Bertz CT molecular complexity index is 420. The number of Topliss-reactive ketones (excluding diaryl/α,β-unsaturated/α-hetero) is 1. The Hall–Kier alpha value is -1.84. The molecule has 1 rings (SSSR count). The van der Waals surface area contributed by atoms with Crippen LogP contribution in [0.15, 0.2) is 30.3 Å². The van der Waals surface area contributed by atoms with Crippen LogP contribution in [0.25, 0.3) is 0 Å². The van der Waals surface area contributed by atoms with Gasteiger partial charge in [-0.25, -0.2) is 4.79 Å². The third kappa shape index (κ3) is 4.57. The van der Waals surface area contributed by atoms with Gasteiger partial charge in [-0.05, 0) is 20.8 Å². The molecule has 4 heteroatoms. The molecule has 98 valence electrons. The maximum atomic E-state index is 11.9. The van der Waals surface area contributed by atoms with Crippen LogP contribution in [0.3, 0.4) is 0 Å². The predicted molar refractivity (Wildman–Crippen MR) is 69.6 cm³/mol. The second-order valence-electron chi connectivity index (χ2n) is 5.13. The van der Waals surface area contributed by atoms with Gasteiger partial charge in [0.2, 0.25) is 0 Å². The van der Waals surface area contributed by atoms with Gasteiger partial charge in [0, 0.05) is 12.6 Å². The highest BCUT2D eigenvalue weighted by molar-refractivity contribution is 5.98. The summed E-state index contributed by atoms with van der Waals surface area (Å²) in [6.45, 7) is 5.38. The lowest BCUT2D eigenvalue weighted by molar-refractivity contribution is 0.0295. The first kappa shape index (κ1) is 14.2. The molecule has 1 amide bonds. The van der Waals surface area contributed by atoms with Gasteiger partial charge in [0.15, 0.2) is 5.78 Å². The van der Waals surface area contributed by atoms with E-state index in [0.717, 1.165) is 0 Å². The second-order valence-corrected chi connectivity index (χ2v) is 5.13. The molecule has 0 N–H and O–H groups in total. The highest BCUT2D eigenvalue weighted by atomic mass is 16.6. The van der Waals surface area contributed by atoms with E-state index in [1.54, 1.807) is 52.1 Å². The monoisotopic (exact) mass is 249 g/mol. The average Bonchev–Trinajstić information content (AvgIpc) is 2.27. The van der Waals surface area contributed by atoms with Crippen molar-refractivity contribution in [2.24, 2.45) is 0 Å². The first-order valence-electron chi connectivity index (χ1n) is 5.82. The Kier molecular flexibility index (Phi) is 4.48. The quantitative estimate of drug-likeness (QED) is 0.774. The molecule has 1 aromatic carbocycles. The Balaban J connectivity index is 2.58. The molecule has 0 saturated carbocycles. The predicted octanol–water partition coefficient (Wildman–Crippen LogP) is 2.74. The lowest BCUT2D eigenvalue weighted by atomic mass is 10.1. The molecule has 0 bridgehead atoms. The molecule has 0 radical (unpaired) electrons. The van der Waals surface area contributed by atoms with Crippen LogP contribution in [-0.2, 0) is 4.74 Å². The zero-order valence-corrected chi connectivity index (χ0v) is 11.3. The number of amides is 1. The van der Waals surface area contributed by atoms with Gasteiger partial charge >= 0.3 is 6.09 Å². The van der Waals surface area contributed by atoms with Crippen molar-refractivity contribution < 1.29 is 14.3 Å². The van der Waals surface area contributed by atoms with Crippen LogP contribution in [0.2, 0.25) is 0 Å². The molecule has 0 aliphatic heterocycles. The Labute approximate surface area is 108 Å². The van der Waals surface area contributed by atoms with Crippen molar-refractivity contribution in [3.63, 3.8) is 0 Å². The lowest BCUT2D eigenvalue weighted by Crippen LogP contribution is -2.37. The van der Waals surface area contributed by atoms with Crippen LogP contribution >= 0.6 is 0 Å². The molecule has 0 aliphatic carbocycles. The normalized spacial score (nSPS) is 10.9. The molecule has 1 aromatic rings. The molecule has 0 unspecified atom stereocenters. The third-order valence-corrected chi connectivity index (χ3v) is 2.18. The Morgan fingerprint density at radius 1 is 1.17 bits per heavy atom. The fourth-order valence-corrected chi connectivity index (χ4v) is 1.34. The summed E-state index contributed by atoms with van der Waals surface area (Å²) >= 11 is 0. The number of ketones is 1. The molecule has 4 nitrogen and oxygen atoms in total. The number of ether oxygens (including phenoxy) is 1. The standard InChI is InChI=1S/C14H19NO3/c1-14(2,3)18-13(17)15(4)10-12(16)11-8-6-5-7-9-11/h5-9H,10H2,1-4H3. The summed E-state index contributed by atoms with van der Waals surface area (Å²) in [5.41, 5.74) is 0.0362. The molecular weight excluding hydrogens is 230 g/mol. The summed E-state index contributed by atoms with van der Waals surface area (Å²) in [6.07, 6.45) is -0.494. The minimum absolute atomic E-state index is 0.0128. The van der Waals surface area contributed by atoms with Gasteiger partial charge in [0.1, 0.15) is 5.60 Å². The van der Waals surface area contributed by atoms with E-state index in [4.69, 9.17) is 4.74 Å². The van der Waals surface area contributed by atoms with E-state index in [2.05, 4.69) is 0 Å². The maximum absolute atomic E-state index is 11.9. The topological polar surface area (TPSA) is 46.6 Å². The summed E-state index contributed by atoms with van der Waals surface area (Å²) < 4.78 is 5.17. The van der Waals surface area contributed by atoms with Gasteiger partial charge in [-0.1, -0.05) is 30.3 Å². The number of carbonyl (C=O) groups is 2. The van der Waals surface area contributed by atoms with Gasteiger partial charge in [0.25, 0.3) is 0 Å². The van der Waals surface area contributed by atoms with Crippen LogP contribution in [0.1, 0.15) is 31.1 Å². The van der Waals surface area contributed by atoms with Crippen molar-refractivity contribution in [3.05, 3.63) is 35.9 Å². The van der Waals surface area contributed by atoms with Gasteiger partial charge in [-0.2, -0.15) is 0 Å². The number of likely N-dealkylation sites (N-methyl/N-ethyl adjacent to an activating group) is 1. The molecule has 0 atom stereocenters. The van der Waals surface area contributed by atoms with E-state index < -0.39 is 11.7 Å². The minimum atomic E-state index is -0.554. The number of rotatable bonds is 3. The van der Waals surface area contributed by atoms with Gasteiger partial charge in [-0.3, -0.25) is 4.79 Å². The third-order valence-electron chi connectivity index (χ3n) is 2.18. The van der Waals surface area contributed by atoms with E-state index in [1.165, 1.54) is 4.90 Å². The summed E-state index contributed by atoms with van der Waals surface area (Å²) in [7, 11) is 1.55. The molecule has 0 aromatic heterocycles. The van der Waals surface area contributed by atoms with E-state index in [1.807, 2.05) is 6.07 Å². The van der Waals surface area contributed by atoms with Crippen molar-refractivity contribution in [1.29, 1.82) is 0 Å². The molecule has 18 heavy (non-hydrogen) atoms. The number of carbonyl (C=O) groups excluding carboxylic acids is 2. The summed E-state index contributed by atoms with van der Waals surface area (Å²) in [6, 6.07) is 8.88. The van der Waals surface area contributed by atoms with Crippen molar-refractivity contribution in [2.75, 3.05) is 13.6 Å². The zero-order valence-electron chi connectivity index (χ0n) is 11.3. The maximum Gasteiger partial charge on any atom is 0.410 e. The van der Waals surface area contributed by atoms with Crippen LogP contribution in [0.5, 0.6) is 0 Å². The van der Waals surface area contributed by atoms with Crippen LogP contribution in [0, 0.1) is 0 Å². The second kappa shape index (κ2) is 5.67. The van der Waals surface area contributed by atoms with Crippen molar-refractivity contribution in [1.82, 2.24) is 4.90 Å². The van der Waals surface area contributed by atoms with Gasteiger partial charge in [-0.15, -0.1) is 0 Å². The molecular formula is C14H19NO3. The van der Waals surface area contributed by atoms with E-state index in [9.17, 15) is 9.59 Å². The molecule has 0 saturated heterocycles. The van der Waals surface area contributed by atoms with E-state index in [0.29, 0.717) is 5.56 Å². The fourth-order valence-electron chi connectivity index (χ4n) is 1.34. The van der Waals surface area contributed by atoms with Crippen LogP contribution in [-0.4, -0.2) is 36.0 Å². The average molecular weight is 249 g/mol. The van der Waals surface area contributed by atoms with E-state index >= 15 is 0 Å². The van der Waals surface area contributed by atoms with Crippen molar-refractivity contribution in [2.45, 2.75) is 26.4 Å². The molecule has 0 spiro atoms. The SMILES string of the molecule is CN(CC(=O)c1ccccc1)C(=O)OC(C)(C)C. The first-order chi connectivity index (χ1) is 8.29. The largest absolute Gasteiger partial charge is 0.444 e. The fraction of sp³-hybridized carbons (Fsp3) is 0.429. The van der Waals surface area contributed by atoms with Crippen molar-refractivity contribution >= 4 is 11.9 Å². The molecule has 0 heterocycles. The first-order valence-corrected chi connectivity index (χ1v) is 5.82. The molecule has 0 fully saturated rings. The number of hydrogen-bond acceptors (Lipinski definition) is 3. The number of hydrogen-bond donors (Lipinski definition) is 0. The smallest absolute Gasteiger partial charge is 0.410 e. The summed E-state index contributed by atoms with van der Waals surface area (Å²) in [5.74, 6) is -0.107. The van der Waals surface area contributed by atoms with E-state index in [-0.39, 0.29) is 12.3 Å².